The van der Waals surface area contributed by atoms with Crippen LogP contribution in [0.5, 0.6) is 0 Å². The third-order valence-corrected chi connectivity index (χ3v) is 4.46. The SMILES string of the molecule is CC1CCN(CC23C=CC=CC2C3)CC1. The van der Waals surface area contributed by atoms with E-state index < -0.39 is 0 Å². The Morgan fingerprint density at radius 3 is 2.80 bits per heavy atom. The van der Waals surface area contributed by atoms with Gasteiger partial charge in [-0.15, -0.1) is 0 Å². The van der Waals surface area contributed by atoms with E-state index in [0.29, 0.717) is 5.41 Å². The molecule has 1 heteroatoms. The lowest BCUT2D eigenvalue weighted by Gasteiger charge is -2.33. The first-order valence-electron chi connectivity index (χ1n) is 6.37. The fraction of sp³-hybridized carbons (Fsp3) is 0.714. The molecule has 0 radical (unpaired) electrons. The Labute approximate surface area is 92.8 Å². The molecule has 2 unspecified atom stereocenters. The number of hydrogen-bond donors (Lipinski definition) is 0. The Kier molecular flexibility index (Phi) is 2.24. The van der Waals surface area contributed by atoms with E-state index in [1.165, 1.54) is 38.9 Å². The maximum atomic E-state index is 2.68. The molecule has 2 atom stereocenters. The lowest BCUT2D eigenvalue weighted by atomic mass is 9.95. The summed E-state index contributed by atoms with van der Waals surface area (Å²) in [5.74, 6) is 1.82. The topological polar surface area (TPSA) is 3.24 Å². The molecule has 0 aromatic carbocycles. The van der Waals surface area contributed by atoms with E-state index in [0.717, 1.165) is 11.8 Å². The van der Waals surface area contributed by atoms with Crippen LogP contribution in [0.3, 0.4) is 0 Å². The summed E-state index contributed by atoms with van der Waals surface area (Å²) in [6.07, 6.45) is 13.5. The van der Waals surface area contributed by atoms with Crippen LogP contribution < -0.4 is 0 Å². The first kappa shape index (κ1) is 9.65. The van der Waals surface area contributed by atoms with Gasteiger partial charge in [0.1, 0.15) is 0 Å². The van der Waals surface area contributed by atoms with Gasteiger partial charge in [-0.2, -0.15) is 0 Å². The predicted molar refractivity (Wildman–Crippen MR) is 63.7 cm³/mol. The Balaban J connectivity index is 1.58. The smallest absolute Gasteiger partial charge is 0.00812 e. The van der Waals surface area contributed by atoms with Crippen LogP contribution in [0, 0.1) is 17.3 Å². The fourth-order valence-corrected chi connectivity index (χ4v) is 3.12. The van der Waals surface area contributed by atoms with Crippen molar-refractivity contribution in [3.8, 4) is 0 Å². The number of allylic oxidation sites excluding steroid dienone is 3. The minimum absolute atomic E-state index is 0.551. The average Bonchev–Trinajstić information content (AvgIpc) is 2.95. The number of fused-ring (bicyclic) bond motifs is 1. The maximum Gasteiger partial charge on any atom is 0.00812 e. The molecule has 0 spiro atoms. The van der Waals surface area contributed by atoms with Crippen molar-refractivity contribution in [2.75, 3.05) is 19.6 Å². The van der Waals surface area contributed by atoms with Crippen molar-refractivity contribution in [3.63, 3.8) is 0 Å². The second-order valence-electron chi connectivity index (χ2n) is 5.75. The molecule has 15 heavy (non-hydrogen) atoms. The molecule has 0 aromatic heterocycles. The van der Waals surface area contributed by atoms with Crippen molar-refractivity contribution in [2.45, 2.75) is 26.2 Å². The Morgan fingerprint density at radius 2 is 2.07 bits per heavy atom. The lowest BCUT2D eigenvalue weighted by Crippen LogP contribution is -2.37. The van der Waals surface area contributed by atoms with Gasteiger partial charge in [0, 0.05) is 12.0 Å². The molecule has 2 fully saturated rings. The Hall–Kier alpha value is -0.560. The van der Waals surface area contributed by atoms with Crippen LogP contribution in [0.4, 0.5) is 0 Å². The zero-order valence-corrected chi connectivity index (χ0v) is 9.65. The summed E-state index contributed by atoms with van der Waals surface area (Å²) >= 11 is 0. The minimum Gasteiger partial charge on any atom is -0.302 e. The second kappa shape index (κ2) is 3.48. The first-order valence-corrected chi connectivity index (χ1v) is 6.37. The number of likely N-dealkylation sites (tertiary alicyclic amines) is 1. The highest BCUT2D eigenvalue weighted by Crippen LogP contribution is 2.56. The average molecular weight is 203 g/mol. The van der Waals surface area contributed by atoms with E-state index in [4.69, 9.17) is 0 Å². The molecule has 0 amide bonds. The number of rotatable bonds is 2. The molecular weight excluding hydrogens is 182 g/mol. The van der Waals surface area contributed by atoms with Crippen molar-refractivity contribution in [2.24, 2.45) is 17.3 Å². The third-order valence-electron chi connectivity index (χ3n) is 4.46. The molecule has 0 bridgehead atoms. The quantitative estimate of drug-likeness (QED) is 0.667. The number of hydrogen-bond acceptors (Lipinski definition) is 1. The zero-order valence-electron chi connectivity index (χ0n) is 9.65. The first-order chi connectivity index (χ1) is 7.28. The number of piperidine rings is 1. The standard InChI is InChI=1S/C14H21N/c1-12-5-8-15(9-6-12)11-14-7-3-2-4-13(14)10-14/h2-4,7,12-13H,5-6,8-11H2,1H3. The Morgan fingerprint density at radius 1 is 1.27 bits per heavy atom. The molecule has 1 aliphatic heterocycles. The van der Waals surface area contributed by atoms with Gasteiger partial charge in [-0.1, -0.05) is 31.2 Å². The van der Waals surface area contributed by atoms with E-state index in [9.17, 15) is 0 Å². The van der Waals surface area contributed by atoms with Gasteiger partial charge in [0.15, 0.2) is 0 Å². The van der Waals surface area contributed by atoms with Gasteiger partial charge in [-0.3, -0.25) is 0 Å². The molecular formula is C14H21N. The lowest BCUT2D eigenvalue weighted by molar-refractivity contribution is 0.169. The molecule has 3 rings (SSSR count). The summed E-state index contributed by atoms with van der Waals surface area (Å²) < 4.78 is 0. The maximum absolute atomic E-state index is 2.68. The monoisotopic (exact) mass is 203 g/mol. The van der Waals surface area contributed by atoms with E-state index in [1.807, 2.05) is 0 Å². The third kappa shape index (κ3) is 1.78. The van der Waals surface area contributed by atoms with Gasteiger partial charge in [0.05, 0.1) is 0 Å². The molecule has 1 saturated carbocycles. The predicted octanol–water partition coefficient (Wildman–Crippen LogP) is 2.85. The van der Waals surface area contributed by atoms with Crippen LogP contribution in [-0.4, -0.2) is 24.5 Å². The van der Waals surface area contributed by atoms with E-state index >= 15 is 0 Å². The zero-order chi connectivity index (χ0) is 10.3. The largest absolute Gasteiger partial charge is 0.302 e. The summed E-state index contributed by atoms with van der Waals surface area (Å²) in [5, 5.41) is 0. The van der Waals surface area contributed by atoms with Crippen molar-refractivity contribution in [1.29, 1.82) is 0 Å². The second-order valence-corrected chi connectivity index (χ2v) is 5.75. The minimum atomic E-state index is 0.551. The van der Waals surface area contributed by atoms with Crippen LogP contribution in [0.2, 0.25) is 0 Å². The molecule has 0 aromatic rings. The summed E-state index contributed by atoms with van der Waals surface area (Å²) in [6.45, 7) is 6.35. The molecule has 0 N–H and O–H groups in total. The van der Waals surface area contributed by atoms with Gasteiger partial charge >= 0.3 is 0 Å². The molecule has 3 aliphatic rings. The Bertz CT molecular complexity index is 296. The highest BCUT2D eigenvalue weighted by molar-refractivity contribution is 5.29. The van der Waals surface area contributed by atoms with Crippen LogP contribution in [-0.2, 0) is 0 Å². The molecule has 1 heterocycles. The van der Waals surface area contributed by atoms with E-state index in [1.54, 1.807) is 0 Å². The van der Waals surface area contributed by atoms with Crippen molar-refractivity contribution < 1.29 is 0 Å². The van der Waals surface area contributed by atoms with Gasteiger partial charge in [0.2, 0.25) is 0 Å². The summed E-state index contributed by atoms with van der Waals surface area (Å²) in [7, 11) is 0. The molecule has 82 valence electrons. The van der Waals surface area contributed by atoms with Crippen LogP contribution in [0.25, 0.3) is 0 Å². The van der Waals surface area contributed by atoms with E-state index in [-0.39, 0.29) is 0 Å². The summed E-state index contributed by atoms with van der Waals surface area (Å²) in [4.78, 5) is 2.68. The highest BCUT2D eigenvalue weighted by atomic mass is 15.1. The normalized spacial score (nSPS) is 40.5. The summed E-state index contributed by atoms with van der Waals surface area (Å²) in [5.41, 5.74) is 0.551. The van der Waals surface area contributed by atoms with Crippen molar-refractivity contribution >= 4 is 0 Å². The fourth-order valence-electron chi connectivity index (χ4n) is 3.12. The molecule has 1 saturated heterocycles. The molecule has 2 aliphatic carbocycles. The van der Waals surface area contributed by atoms with Crippen LogP contribution in [0.15, 0.2) is 24.3 Å². The van der Waals surface area contributed by atoms with Crippen molar-refractivity contribution in [3.05, 3.63) is 24.3 Å². The molecule has 1 nitrogen and oxygen atoms in total. The van der Waals surface area contributed by atoms with Crippen LogP contribution >= 0.6 is 0 Å². The highest BCUT2D eigenvalue weighted by Gasteiger charge is 2.51. The van der Waals surface area contributed by atoms with Gasteiger partial charge in [-0.25, -0.2) is 0 Å². The van der Waals surface area contributed by atoms with Gasteiger partial charge < -0.3 is 4.90 Å². The van der Waals surface area contributed by atoms with Crippen LogP contribution in [0.1, 0.15) is 26.2 Å². The van der Waals surface area contributed by atoms with E-state index in [2.05, 4.69) is 36.1 Å². The van der Waals surface area contributed by atoms with Gasteiger partial charge in [-0.05, 0) is 44.2 Å². The summed E-state index contributed by atoms with van der Waals surface area (Å²) in [6, 6.07) is 0. The number of nitrogens with zero attached hydrogens (tertiary/aromatic N) is 1. The van der Waals surface area contributed by atoms with Crippen molar-refractivity contribution in [1.82, 2.24) is 4.90 Å². The van der Waals surface area contributed by atoms with Gasteiger partial charge in [0.25, 0.3) is 0 Å².